The summed E-state index contributed by atoms with van der Waals surface area (Å²) in [6, 6.07) is 8.97. The number of hydrogen-bond acceptors (Lipinski definition) is 3. The van der Waals surface area contributed by atoms with Gasteiger partial charge in [0.25, 0.3) is 0 Å². The first-order chi connectivity index (χ1) is 8.58. The van der Waals surface area contributed by atoms with Gasteiger partial charge in [-0.25, -0.2) is 4.79 Å². The van der Waals surface area contributed by atoms with Crippen LogP contribution in [0.1, 0.15) is 22.0 Å². The average Bonchev–Trinajstić information content (AvgIpc) is 2.74. The fourth-order valence-corrected chi connectivity index (χ4v) is 2.70. The molecule has 4 heteroatoms. The molecule has 1 unspecified atom stereocenters. The molecular formula is C14H15NO2S. The minimum Gasteiger partial charge on any atom is -0.479 e. The molecule has 1 heterocycles. The van der Waals surface area contributed by atoms with Gasteiger partial charge in [0, 0.05) is 10.6 Å². The Hall–Kier alpha value is -1.81. The summed E-state index contributed by atoms with van der Waals surface area (Å²) in [7, 11) is 0. The quantitative estimate of drug-likeness (QED) is 0.884. The molecule has 2 aromatic rings. The summed E-state index contributed by atoms with van der Waals surface area (Å²) in [6.45, 7) is 3.93. The van der Waals surface area contributed by atoms with E-state index in [2.05, 4.69) is 5.32 Å². The third-order valence-electron chi connectivity index (χ3n) is 2.77. The van der Waals surface area contributed by atoms with Crippen LogP contribution in [0.2, 0.25) is 0 Å². The van der Waals surface area contributed by atoms with Crippen molar-refractivity contribution in [3.05, 3.63) is 51.7 Å². The number of rotatable bonds is 4. The van der Waals surface area contributed by atoms with Crippen molar-refractivity contribution in [1.29, 1.82) is 0 Å². The van der Waals surface area contributed by atoms with E-state index in [0.717, 1.165) is 21.7 Å². The van der Waals surface area contributed by atoms with Crippen LogP contribution < -0.4 is 5.32 Å². The molecule has 1 aromatic heterocycles. The van der Waals surface area contributed by atoms with E-state index in [9.17, 15) is 9.90 Å². The Labute approximate surface area is 110 Å². The van der Waals surface area contributed by atoms with Gasteiger partial charge in [0.1, 0.15) is 0 Å². The number of aliphatic carboxylic acids is 1. The highest BCUT2D eigenvalue weighted by molar-refractivity contribution is 7.10. The molecule has 0 saturated carbocycles. The molecule has 2 N–H and O–H groups in total. The van der Waals surface area contributed by atoms with E-state index in [1.807, 2.05) is 49.6 Å². The van der Waals surface area contributed by atoms with Crippen LogP contribution in [0, 0.1) is 13.8 Å². The average molecular weight is 261 g/mol. The number of hydrogen-bond donors (Lipinski definition) is 2. The third-order valence-corrected chi connectivity index (χ3v) is 3.86. The minimum absolute atomic E-state index is 0.687. The van der Waals surface area contributed by atoms with Crippen LogP contribution in [0.3, 0.4) is 0 Å². The number of anilines is 1. The smallest absolute Gasteiger partial charge is 0.331 e. The maximum absolute atomic E-state index is 11.4. The molecule has 0 radical (unpaired) electrons. The van der Waals surface area contributed by atoms with Crippen molar-refractivity contribution in [1.82, 2.24) is 0 Å². The summed E-state index contributed by atoms with van der Waals surface area (Å²) in [5.41, 5.74) is 2.98. The summed E-state index contributed by atoms with van der Waals surface area (Å²) in [6.07, 6.45) is 0. The number of thiophene rings is 1. The molecule has 2 rings (SSSR count). The van der Waals surface area contributed by atoms with Crippen molar-refractivity contribution in [2.24, 2.45) is 0 Å². The molecular weight excluding hydrogens is 246 g/mol. The highest BCUT2D eigenvalue weighted by atomic mass is 32.1. The number of carboxylic acid groups (broad SMARTS) is 1. The number of aryl methyl sites for hydroxylation is 2. The van der Waals surface area contributed by atoms with Crippen molar-refractivity contribution in [2.45, 2.75) is 19.9 Å². The first-order valence-electron chi connectivity index (χ1n) is 5.68. The second-order valence-electron chi connectivity index (χ2n) is 4.25. The van der Waals surface area contributed by atoms with Crippen molar-refractivity contribution < 1.29 is 9.90 Å². The zero-order valence-corrected chi connectivity index (χ0v) is 11.1. The molecule has 94 valence electrons. The molecule has 1 atom stereocenters. The van der Waals surface area contributed by atoms with Gasteiger partial charge in [-0.05, 0) is 43.0 Å². The molecule has 3 nitrogen and oxygen atoms in total. The van der Waals surface area contributed by atoms with Crippen LogP contribution in [0.15, 0.2) is 35.7 Å². The maximum Gasteiger partial charge on any atom is 0.331 e. The maximum atomic E-state index is 11.4. The van der Waals surface area contributed by atoms with Gasteiger partial charge < -0.3 is 10.4 Å². The molecule has 0 aliphatic heterocycles. The van der Waals surface area contributed by atoms with Gasteiger partial charge in [-0.15, -0.1) is 11.3 Å². The van der Waals surface area contributed by atoms with Crippen LogP contribution in [0.4, 0.5) is 5.69 Å². The first-order valence-corrected chi connectivity index (χ1v) is 6.56. The monoisotopic (exact) mass is 261 g/mol. The predicted octanol–water partition coefficient (Wildman–Crippen LogP) is 3.60. The molecule has 0 aliphatic rings. The SMILES string of the molecule is Cc1ccc(NC(C(=O)O)c2sccc2C)cc1. The van der Waals surface area contributed by atoms with Crippen molar-refractivity contribution in [3.8, 4) is 0 Å². The van der Waals surface area contributed by atoms with Gasteiger partial charge >= 0.3 is 5.97 Å². The number of benzene rings is 1. The Morgan fingerprint density at radius 2 is 1.89 bits per heavy atom. The van der Waals surface area contributed by atoms with Gasteiger partial charge in [-0.1, -0.05) is 17.7 Å². The highest BCUT2D eigenvalue weighted by Gasteiger charge is 2.22. The van der Waals surface area contributed by atoms with E-state index in [1.165, 1.54) is 11.3 Å². The van der Waals surface area contributed by atoms with Crippen LogP contribution in [-0.4, -0.2) is 11.1 Å². The van der Waals surface area contributed by atoms with Crippen molar-refractivity contribution in [2.75, 3.05) is 5.32 Å². The Bertz CT molecular complexity index is 545. The van der Waals surface area contributed by atoms with E-state index in [4.69, 9.17) is 0 Å². The van der Waals surface area contributed by atoms with Crippen LogP contribution in [0.25, 0.3) is 0 Å². The number of nitrogens with one attached hydrogen (secondary N) is 1. The molecule has 0 bridgehead atoms. The minimum atomic E-state index is -0.860. The molecule has 0 fully saturated rings. The highest BCUT2D eigenvalue weighted by Crippen LogP contribution is 2.27. The number of carbonyl (C=O) groups is 1. The van der Waals surface area contributed by atoms with E-state index in [-0.39, 0.29) is 0 Å². The molecule has 0 amide bonds. The van der Waals surface area contributed by atoms with Gasteiger partial charge in [0.05, 0.1) is 0 Å². The summed E-state index contributed by atoms with van der Waals surface area (Å²) in [5.74, 6) is -0.860. The Balaban J connectivity index is 2.25. The molecule has 18 heavy (non-hydrogen) atoms. The molecule has 1 aromatic carbocycles. The summed E-state index contributed by atoms with van der Waals surface area (Å²) in [4.78, 5) is 12.2. The predicted molar refractivity (Wildman–Crippen MR) is 74.2 cm³/mol. The van der Waals surface area contributed by atoms with Crippen molar-refractivity contribution >= 4 is 23.0 Å². The van der Waals surface area contributed by atoms with E-state index < -0.39 is 12.0 Å². The fraction of sp³-hybridized carbons (Fsp3) is 0.214. The lowest BCUT2D eigenvalue weighted by molar-refractivity contribution is -0.138. The second-order valence-corrected chi connectivity index (χ2v) is 5.20. The van der Waals surface area contributed by atoms with Crippen LogP contribution in [0.5, 0.6) is 0 Å². The second kappa shape index (κ2) is 5.23. The lowest BCUT2D eigenvalue weighted by Crippen LogP contribution is -2.20. The summed E-state index contributed by atoms with van der Waals surface area (Å²) < 4.78 is 0. The Kier molecular flexibility index (Phi) is 3.67. The normalized spacial score (nSPS) is 12.1. The standard InChI is InChI=1S/C14H15NO2S/c1-9-3-5-11(6-4-9)15-12(14(16)17)13-10(2)7-8-18-13/h3-8,12,15H,1-2H3,(H,16,17). The molecule has 0 aliphatic carbocycles. The van der Waals surface area contributed by atoms with Gasteiger partial charge in [-0.3, -0.25) is 0 Å². The van der Waals surface area contributed by atoms with E-state index in [0.29, 0.717) is 0 Å². The topological polar surface area (TPSA) is 49.3 Å². The van der Waals surface area contributed by atoms with E-state index >= 15 is 0 Å². The van der Waals surface area contributed by atoms with Gasteiger partial charge in [0.2, 0.25) is 0 Å². The first kappa shape index (κ1) is 12.6. The van der Waals surface area contributed by atoms with Gasteiger partial charge in [-0.2, -0.15) is 0 Å². The lowest BCUT2D eigenvalue weighted by atomic mass is 10.1. The van der Waals surface area contributed by atoms with Gasteiger partial charge in [0.15, 0.2) is 6.04 Å². The van der Waals surface area contributed by atoms with Crippen LogP contribution >= 0.6 is 11.3 Å². The number of carboxylic acids is 1. The molecule has 0 saturated heterocycles. The fourth-order valence-electron chi connectivity index (χ4n) is 1.74. The van der Waals surface area contributed by atoms with E-state index in [1.54, 1.807) is 0 Å². The van der Waals surface area contributed by atoms with Crippen molar-refractivity contribution in [3.63, 3.8) is 0 Å². The molecule has 0 spiro atoms. The van der Waals surface area contributed by atoms with Crippen LogP contribution in [-0.2, 0) is 4.79 Å². The summed E-state index contributed by atoms with van der Waals surface area (Å²) >= 11 is 1.47. The Morgan fingerprint density at radius 3 is 2.39 bits per heavy atom. The largest absolute Gasteiger partial charge is 0.479 e. The lowest BCUT2D eigenvalue weighted by Gasteiger charge is -2.15. The summed E-state index contributed by atoms with van der Waals surface area (Å²) in [5, 5.41) is 14.3. The zero-order chi connectivity index (χ0) is 13.1. The third kappa shape index (κ3) is 2.71. The zero-order valence-electron chi connectivity index (χ0n) is 10.3. The Morgan fingerprint density at radius 1 is 1.22 bits per heavy atom.